The number of carbonyl (C=O) groups excluding carboxylic acids is 2. The third kappa shape index (κ3) is 3.78. The normalized spacial score (nSPS) is 9.74. The van der Waals surface area contributed by atoms with Gasteiger partial charge in [-0.25, -0.2) is 0 Å². The van der Waals surface area contributed by atoms with Crippen LogP contribution in [0.25, 0.3) is 0 Å². The first-order valence-electron chi connectivity index (χ1n) is 5.58. The van der Waals surface area contributed by atoms with Gasteiger partial charge in [0.1, 0.15) is 0 Å². The van der Waals surface area contributed by atoms with Crippen molar-refractivity contribution in [3.63, 3.8) is 0 Å². The number of carbonyl (C=O) groups is 2. The Morgan fingerprint density at radius 1 is 0.789 bits per heavy atom. The van der Waals surface area contributed by atoms with Gasteiger partial charge in [-0.15, -0.1) is 0 Å². The van der Waals surface area contributed by atoms with Crippen LogP contribution in [-0.4, -0.2) is 11.8 Å². The van der Waals surface area contributed by atoms with Crippen molar-refractivity contribution in [1.29, 1.82) is 0 Å². The first-order chi connectivity index (χ1) is 9.16. The van der Waals surface area contributed by atoms with Crippen LogP contribution in [0.3, 0.4) is 0 Å². The minimum atomic E-state index is -0.348. The smallest absolute Gasteiger partial charge is 0.267 e. The second-order valence-electron chi connectivity index (χ2n) is 3.78. The third-order valence-electron chi connectivity index (χ3n) is 2.41. The molecular weight excluding hydrogens is 355 g/mol. The number of nitrogens with one attached hydrogen (secondary N) is 2. The third-order valence-corrected chi connectivity index (χ3v) is 3.08. The first kappa shape index (κ1) is 13.5. The van der Waals surface area contributed by atoms with Gasteiger partial charge in [-0.2, -0.15) is 0 Å². The van der Waals surface area contributed by atoms with Crippen molar-refractivity contribution >= 4 is 34.4 Å². The Labute approximate surface area is 124 Å². The standard InChI is InChI=1S/C14H11IN2O2/c15-12-8-4-7-11(9-12)14(19)17-16-13(18)10-5-2-1-3-6-10/h1-9H,(H,16,18)(H,17,19). The number of hydrogen-bond acceptors (Lipinski definition) is 2. The summed E-state index contributed by atoms with van der Waals surface area (Å²) >= 11 is 2.12. The van der Waals surface area contributed by atoms with E-state index in [1.54, 1.807) is 42.5 Å². The fourth-order valence-corrected chi connectivity index (χ4v) is 2.02. The molecule has 0 aliphatic carbocycles. The molecule has 2 N–H and O–H groups in total. The van der Waals surface area contributed by atoms with E-state index in [-0.39, 0.29) is 11.8 Å². The quantitative estimate of drug-likeness (QED) is 0.634. The van der Waals surface area contributed by atoms with Crippen molar-refractivity contribution in [2.75, 3.05) is 0 Å². The van der Waals surface area contributed by atoms with Crippen molar-refractivity contribution < 1.29 is 9.59 Å². The van der Waals surface area contributed by atoms with Crippen molar-refractivity contribution in [2.45, 2.75) is 0 Å². The molecule has 0 radical (unpaired) electrons. The van der Waals surface area contributed by atoms with Crippen molar-refractivity contribution in [1.82, 2.24) is 10.9 Å². The van der Waals surface area contributed by atoms with Gasteiger partial charge in [0.2, 0.25) is 0 Å². The fraction of sp³-hybridized carbons (Fsp3) is 0. The van der Waals surface area contributed by atoms with Crippen LogP contribution < -0.4 is 10.9 Å². The summed E-state index contributed by atoms with van der Waals surface area (Å²) in [5.74, 6) is -0.692. The second kappa shape index (κ2) is 6.33. The lowest BCUT2D eigenvalue weighted by molar-refractivity contribution is 0.0846. The van der Waals surface area contributed by atoms with Gasteiger partial charge >= 0.3 is 0 Å². The highest BCUT2D eigenvalue weighted by Crippen LogP contribution is 2.07. The maximum absolute atomic E-state index is 11.8. The topological polar surface area (TPSA) is 58.2 Å². The number of hydrogen-bond donors (Lipinski definition) is 2. The minimum absolute atomic E-state index is 0.345. The van der Waals surface area contributed by atoms with E-state index in [1.807, 2.05) is 12.1 Å². The molecule has 2 aromatic rings. The predicted octanol–water partition coefficient (Wildman–Crippen LogP) is 2.37. The molecule has 2 aromatic carbocycles. The first-order valence-corrected chi connectivity index (χ1v) is 6.66. The van der Waals surface area contributed by atoms with Crippen LogP contribution in [0.15, 0.2) is 54.6 Å². The Bertz CT molecular complexity index is 599. The Kier molecular flexibility index (Phi) is 4.51. The van der Waals surface area contributed by atoms with Crippen LogP contribution in [0, 0.1) is 3.57 Å². The summed E-state index contributed by atoms with van der Waals surface area (Å²) in [6.45, 7) is 0. The molecule has 0 fully saturated rings. The highest BCUT2D eigenvalue weighted by atomic mass is 127. The van der Waals surface area contributed by atoms with Crippen LogP contribution in [0.4, 0.5) is 0 Å². The molecule has 0 unspecified atom stereocenters. The van der Waals surface area contributed by atoms with Crippen LogP contribution in [0.2, 0.25) is 0 Å². The summed E-state index contributed by atoms with van der Waals surface area (Å²) < 4.78 is 0.958. The summed E-state index contributed by atoms with van der Waals surface area (Å²) in [5.41, 5.74) is 5.75. The van der Waals surface area contributed by atoms with Crippen LogP contribution in [-0.2, 0) is 0 Å². The molecular formula is C14H11IN2O2. The molecule has 0 saturated carbocycles. The molecule has 0 aliphatic heterocycles. The zero-order chi connectivity index (χ0) is 13.7. The molecule has 2 rings (SSSR count). The second-order valence-corrected chi connectivity index (χ2v) is 5.03. The van der Waals surface area contributed by atoms with Gasteiger partial charge in [0, 0.05) is 14.7 Å². The molecule has 0 aromatic heterocycles. The Morgan fingerprint density at radius 3 is 2.00 bits per heavy atom. The molecule has 0 spiro atoms. The van der Waals surface area contributed by atoms with E-state index in [9.17, 15) is 9.59 Å². The van der Waals surface area contributed by atoms with Crippen molar-refractivity contribution in [3.05, 3.63) is 69.3 Å². The van der Waals surface area contributed by atoms with Crippen LogP contribution >= 0.6 is 22.6 Å². The molecule has 0 aliphatic rings. The lowest BCUT2D eigenvalue weighted by Gasteiger charge is -2.07. The number of hydrazine groups is 1. The lowest BCUT2D eigenvalue weighted by atomic mass is 10.2. The van der Waals surface area contributed by atoms with Gasteiger partial charge < -0.3 is 0 Å². The van der Waals surface area contributed by atoms with E-state index in [4.69, 9.17) is 0 Å². The minimum Gasteiger partial charge on any atom is -0.267 e. The summed E-state index contributed by atoms with van der Waals surface area (Å²) in [6, 6.07) is 15.8. The zero-order valence-electron chi connectivity index (χ0n) is 9.89. The highest BCUT2D eigenvalue weighted by Gasteiger charge is 2.08. The number of rotatable bonds is 2. The van der Waals surface area contributed by atoms with Crippen molar-refractivity contribution in [3.8, 4) is 0 Å². The van der Waals surface area contributed by atoms with E-state index in [2.05, 4.69) is 33.4 Å². The largest absolute Gasteiger partial charge is 0.269 e. The van der Waals surface area contributed by atoms with Gasteiger partial charge in [-0.3, -0.25) is 20.4 Å². The Hall–Kier alpha value is -1.89. The molecule has 0 atom stereocenters. The zero-order valence-corrected chi connectivity index (χ0v) is 12.0. The van der Waals surface area contributed by atoms with E-state index in [0.29, 0.717) is 11.1 Å². The van der Waals surface area contributed by atoms with Gasteiger partial charge in [-0.05, 0) is 52.9 Å². The highest BCUT2D eigenvalue weighted by molar-refractivity contribution is 14.1. The summed E-state index contributed by atoms with van der Waals surface area (Å²) in [6.07, 6.45) is 0. The van der Waals surface area contributed by atoms with Gasteiger partial charge in [0.15, 0.2) is 0 Å². The van der Waals surface area contributed by atoms with Gasteiger partial charge in [0.05, 0.1) is 0 Å². The Balaban J connectivity index is 1.96. The summed E-state index contributed by atoms with van der Waals surface area (Å²) in [5, 5.41) is 0. The Morgan fingerprint density at radius 2 is 1.37 bits per heavy atom. The summed E-state index contributed by atoms with van der Waals surface area (Å²) in [4.78, 5) is 23.5. The summed E-state index contributed by atoms with van der Waals surface area (Å²) in [7, 11) is 0. The van der Waals surface area contributed by atoms with Crippen LogP contribution in [0.5, 0.6) is 0 Å². The number of benzene rings is 2. The van der Waals surface area contributed by atoms with Gasteiger partial charge in [0.25, 0.3) is 11.8 Å². The van der Waals surface area contributed by atoms with E-state index in [0.717, 1.165) is 3.57 Å². The maximum atomic E-state index is 11.8. The monoisotopic (exact) mass is 366 g/mol. The van der Waals surface area contributed by atoms with Gasteiger partial charge in [-0.1, -0.05) is 24.3 Å². The van der Waals surface area contributed by atoms with E-state index >= 15 is 0 Å². The van der Waals surface area contributed by atoms with E-state index < -0.39 is 0 Å². The average molecular weight is 366 g/mol. The average Bonchev–Trinajstić information content (AvgIpc) is 2.45. The molecule has 2 amide bonds. The molecule has 0 saturated heterocycles. The van der Waals surface area contributed by atoms with Crippen molar-refractivity contribution in [2.24, 2.45) is 0 Å². The number of amides is 2. The molecule has 19 heavy (non-hydrogen) atoms. The molecule has 0 heterocycles. The predicted molar refractivity (Wildman–Crippen MR) is 80.5 cm³/mol. The SMILES string of the molecule is O=C(NNC(=O)c1cccc(I)c1)c1ccccc1. The molecule has 96 valence electrons. The fourth-order valence-electron chi connectivity index (χ4n) is 1.48. The van der Waals surface area contributed by atoms with Crippen LogP contribution in [0.1, 0.15) is 20.7 Å². The maximum Gasteiger partial charge on any atom is 0.269 e. The van der Waals surface area contributed by atoms with E-state index in [1.165, 1.54) is 0 Å². The molecule has 4 nitrogen and oxygen atoms in total. The molecule has 0 bridgehead atoms. The lowest BCUT2D eigenvalue weighted by Crippen LogP contribution is -2.41. The molecule has 5 heteroatoms. The number of halogens is 1.